The van der Waals surface area contributed by atoms with Crippen molar-refractivity contribution >= 4 is 17.4 Å². The number of rotatable bonds is 4. The van der Waals surface area contributed by atoms with Crippen molar-refractivity contribution in [3.63, 3.8) is 0 Å². The van der Waals surface area contributed by atoms with Gasteiger partial charge in [-0.1, -0.05) is 67.8 Å². The summed E-state index contributed by atoms with van der Waals surface area (Å²) in [6, 6.07) is 20.6. The fourth-order valence-corrected chi connectivity index (χ4v) is 3.02. The Morgan fingerprint density at radius 2 is 1.52 bits per heavy atom. The van der Waals surface area contributed by atoms with Gasteiger partial charge >= 0.3 is 0 Å². The van der Waals surface area contributed by atoms with Gasteiger partial charge in [-0.25, -0.2) is 10.4 Å². The monoisotopic (exact) mass is 334 g/mol. The molecule has 2 aromatic rings. The highest BCUT2D eigenvalue weighted by Crippen LogP contribution is 2.20. The molecular weight excluding hydrogens is 308 g/mol. The lowest BCUT2D eigenvalue weighted by molar-refractivity contribution is 0.442. The Morgan fingerprint density at radius 3 is 2.20 bits per heavy atom. The zero-order valence-electron chi connectivity index (χ0n) is 14.8. The van der Waals surface area contributed by atoms with Crippen molar-refractivity contribution in [1.82, 2.24) is 5.43 Å². The first kappa shape index (κ1) is 17.2. The standard InChI is InChI=1S/C21H26N4/c1-17(18-11-5-2-6-12-18)24-25-21(22-19-13-7-3-8-14-19)23-20-15-9-4-10-16-20/h2-3,5-8,11-14,20H,4,9-10,15-16H2,1H3,(H2,22,23,25)/b24-17+. The number of guanidine groups is 1. The number of nitrogens with zero attached hydrogens (tertiary/aromatic N) is 2. The summed E-state index contributed by atoms with van der Waals surface area (Å²) in [5.41, 5.74) is 6.19. The van der Waals surface area contributed by atoms with Crippen molar-refractivity contribution in [2.24, 2.45) is 10.1 Å². The molecule has 25 heavy (non-hydrogen) atoms. The summed E-state index contributed by atoms with van der Waals surface area (Å²) < 4.78 is 0. The van der Waals surface area contributed by atoms with E-state index in [1.54, 1.807) is 0 Å². The van der Waals surface area contributed by atoms with E-state index in [0.717, 1.165) is 29.8 Å². The van der Waals surface area contributed by atoms with Crippen LogP contribution in [0.5, 0.6) is 0 Å². The van der Waals surface area contributed by atoms with E-state index in [4.69, 9.17) is 4.99 Å². The van der Waals surface area contributed by atoms with E-state index in [2.05, 4.69) is 28.0 Å². The van der Waals surface area contributed by atoms with Gasteiger partial charge in [0.1, 0.15) is 0 Å². The average molecular weight is 334 g/mol. The van der Waals surface area contributed by atoms with E-state index in [1.807, 2.05) is 55.5 Å². The van der Waals surface area contributed by atoms with Gasteiger partial charge < -0.3 is 5.32 Å². The Labute approximate surface area is 150 Å². The summed E-state index contributed by atoms with van der Waals surface area (Å²) in [5, 5.41) is 7.89. The van der Waals surface area contributed by atoms with Crippen LogP contribution in [0, 0.1) is 0 Å². The predicted octanol–water partition coefficient (Wildman–Crippen LogP) is 4.80. The third-order valence-corrected chi connectivity index (χ3v) is 4.44. The minimum absolute atomic E-state index is 0.375. The summed E-state index contributed by atoms with van der Waals surface area (Å²) in [4.78, 5) is 4.88. The largest absolute Gasteiger partial charge is 0.325 e. The van der Waals surface area contributed by atoms with Crippen LogP contribution in [0.25, 0.3) is 0 Å². The van der Waals surface area contributed by atoms with Crippen LogP contribution in [0.2, 0.25) is 0 Å². The molecule has 1 aliphatic rings. The number of hydrazone groups is 1. The molecule has 3 rings (SSSR count). The highest BCUT2D eigenvalue weighted by atomic mass is 15.4. The van der Waals surface area contributed by atoms with Gasteiger partial charge in [0.25, 0.3) is 0 Å². The SMILES string of the molecule is C/C(=N\NC(=NC1CCCCC1)Nc1ccccc1)c1ccccc1. The van der Waals surface area contributed by atoms with Crippen LogP contribution in [0.3, 0.4) is 0 Å². The van der Waals surface area contributed by atoms with Crippen molar-refractivity contribution in [3.05, 3.63) is 66.2 Å². The molecule has 0 aliphatic heterocycles. The van der Waals surface area contributed by atoms with Crippen LogP contribution < -0.4 is 10.7 Å². The highest BCUT2D eigenvalue weighted by molar-refractivity contribution is 6.00. The zero-order valence-corrected chi connectivity index (χ0v) is 14.8. The number of hydrogen-bond donors (Lipinski definition) is 2. The van der Waals surface area contributed by atoms with Gasteiger partial charge in [-0.15, -0.1) is 0 Å². The Hall–Kier alpha value is -2.62. The first-order chi connectivity index (χ1) is 12.3. The minimum atomic E-state index is 0.375. The van der Waals surface area contributed by atoms with E-state index in [-0.39, 0.29) is 0 Å². The van der Waals surface area contributed by atoms with Crippen LogP contribution in [-0.2, 0) is 0 Å². The molecule has 1 fully saturated rings. The first-order valence-corrected chi connectivity index (χ1v) is 9.07. The second-order valence-corrected chi connectivity index (χ2v) is 6.44. The number of para-hydroxylation sites is 1. The summed E-state index contributed by atoms with van der Waals surface area (Å²) in [6.45, 7) is 2.00. The maximum atomic E-state index is 4.88. The highest BCUT2D eigenvalue weighted by Gasteiger charge is 2.13. The van der Waals surface area contributed by atoms with Crippen LogP contribution in [0.1, 0.15) is 44.6 Å². The van der Waals surface area contributed by atoms with Crippen molar-refractivity contribution < 1.29 is 0 Å². The maximum absolute atomic E-state index is 4.88. The maximum Gasteiger partial charge on any atom is 0.216 e. The van der Waals surface area contributed by atoms with E-state index < -0.39 is 0 Å². The lowest BCUT2D eigenvalue weighted by Crippen LogP contribution is -2.30. The molecule has 2 N–H and O–H groups in total. The van der Waals surface area contributed by atoms with E-state index in [9.17, 15) is 0 Å². The third kappa shape index (κ3) is 5.45. The summed E-state index contributed by atoms with van der Waals surface area (Å²) in [6.07, 6.45) is 6.16. The number of nitrogens with one attached hydrogen (secondary N) is 2. The second-order valence-electron chi connectivity index (χ2n) is 6.44. The zero-order chi connectivity index (χ0) is 17.3. The Bertz CT molecular complexity index is 701. The normalized spacial score (nSPS) is 16.5. The van der Waals surface area contributed by atoms with Crippen molar-refractivity contribution in [2.75, 3.05) is 5.32 Å². The van der Waals surface area contributed by atoms with E-state index >= 15 is 0 Å². The second kappa shape index (κ2) is 9.02. The summed E-state index contributed by atoms with van der Waals surface area (Å²) >= 11 is 0. The number of anilines is 1. The molecule has 0 spiro atoms. The average Bonchev–Trinajstić information content (AvgIpc) is 2.68. The lowest BCUT2D eigenvalue weighted by atomic mass is 9.96. The smallest absolute Gasteiger partial charge is 0.216 e. The first-order valence-electron chi connectivity index (χ1n) is 9.07. The van der Waals surface area contributed by atoms with Gasteiger partial charge in [0, 0.05) is 5.69 Å². The molecule has 0 unspecified atom stereocenters. The van der Waals surface area contributed by atoms with Gasteiger partial charge in [0.2, 0.25) is 5.96 Å². The van der Waals surface area contributed by atoms with Crippen molar-refractivity contribution in [1.29, 1.82) is 0 Å². The Kier molecular flexibility index (Phi) is 6.21. The van der Waals surface area contributed by atoms with Gasteiger partial charge in [-0.05, 0) is 37.5 Å². The van der Waals surface area contributed by atoms with Gasteiger partial charge in [-0.3, -0.25) is 0 Å². The van der Waals surface area contributed by atoms with Crippen LogP contribution in [0.15, 0.2) is 70.8 Å². The molecule has 1 saturated carbocycles. The topological polar surface area (TPSA) is 48.8 Å². The van der Waals surface area contributed by atoms with Gasteiger partial charge in [-0.2, -0.15) is 5.10 Å². The molecule has 0 aromatic heterocycles. The molecule has 0 bridgehead atoms. The number of hydrogen-bond acceptors (Lipinski definition) is 2. The fraction of sp³-hybridized carbons (Fsp3) is 0.333. The molecule has 2 aromatic carbocycles. The van der Waals surface area contributed by atoms with Crippen molar-refractivity contribution in [2.45, 2.75) is 45.1 Å². The third-order valence-electron chi connectivity index (χ3n) is 4.44. The van der Waals surface area contributed by atoms with Crippen LogP contribution >= 0.6 is 0 Å². The molecular formula is C21H26N4. The van der Waals surface area contributed by atoms with Gasteiger partial charge in [0.15, 0.2) is 0 Å². The van der Waals surface area contributed by atoms with Crippen LogP contribution in [-0.4, -0.2) is 17.7 Å². The fourth-order valence-electron chi connectivity index (χ4n) is 3.02. The molecule has 0 radical (unpaired) electrons. The Balaban J connectivity index is 1.74. The molecule has 0 atom stereocenters. The molecule has 0 heterocycles. The quantitative estimate of drug-likeness (QED) is 0.479. The van der Waals surface area contributed by atoms with Crippen molar-refractivity contribution in [3.8, 4) is 0 Å². The molecule has 4 nitrogen and oxygen atoms in total. The van der Waals surface area contributed by atoms with Gasteiger partial charge in [0.05, 0.1) is 11.8 Å². The lowest BCUT2D eigenvalue weighted by Gasteiger charge is -2.19. The number of benzene rings is 2. The Morgan fingerprint density at radius 1 is 0.880 bits per heavy atom. The molecule has 0 saturated heterocycles. The number of aliphatic imine (C=N–C) groups is 1. The van der Waals surface area contributed by atoms with E-state index in [0.29, 0.717) is 12.0 Å². The molecule has 0 amide bonds. The molecule has 1 aliphatic carbocycles. The molecule has 4 heteroatoms. The van der Waals surface area contributed by atoms with E-state index in [1.165, 1.54) is 19.3 Å². The minimum Gasteiger partial charge on any atom is -0.325 e. The summed E-state index contributed by atoms with van der Waals surface area (Å²) in [7, 11) is 0. The summed E-state index contributed by atoms with van der Waals surface area (Å²) in [5.74, 6) is 0.716. The predicted molar refractivity (Wildman–Crippen MR) is 106 cm³/mol. The van der Waals surface area contributed by atoms with Crippen LogP contribution in [0.4, 0.5) is 5.69 Å². The molecule has 130 valence electrons.